The molecule has 0 bridgehead atoms. The van der Waals surface area contributed by atoms with Crippen LogP contribution in [0, 0.1) is 5.92 Å². The van der Waals surface area contributed by atoms with E-state index in [0.717, 1.165) is 6.42 Å². The van der Waals surface area contributed by atoms with E-state index in [1.807, 2.05) is 0 Å². The Hall–Kier alpha value is -0.730. The highest BCUT2D eigenvalue weighted by Gasteiger charge is 2.38. The molecular weight excluding hydrogens is 142 g/mol. The Kier molecular flexibility index (Phi) is 1.51. The maximum atomic E-state index is 10.9. The Balaban J connectivity index is 2.10. The summed E-state index contributed by atoms with van der Waals surface area (Å²) < 4.78 is 5.13. The number of nitrogens with one attached hydrogen (secondary N) is 1. The fraction of sp³-hybridized carbons (Fsp3) is 0.875. The van der Waals surface area contributed by atoms with Gasteiger partial charge in [0.2, 0.25) is 0 Å². The largest absolute Gasteiger partial charge is 0.446 e. The number of carbonyl (C=O) groups is 1. The molecule has 0 aromatic heterocycles. The first-order chi connectivity index (χ1) is 5.27. The number of rotatable bonds is 0. The summed E-state index contributed by atoms with van der Waals surface area (Å²) in [4.78, 5) is 10.9. The van der Waals surface area contributed by atoms with Gasteiger partial charge in [0.25, 0.3) is 0 Å². The summed E-state index contributed by atoms with van der Waals surface area (Å²) >= 11 is 0. The van der Waals surface area contributed by atoms with E-state index in [2.05, 4.69) is 12.2 Å². The van der Waals surface area contributed by atoms with Crippen molar-refractivity contribution in [1.82, 2.24) is 5.32 Å². The highest BCUT2D eigenvalue weighted by atomic mass is 16.6. The first-order valence-corrected chi connectivity index (χ1v) is 4.24. The van der Waals surface area contributed by atoms with E-state index < -0.39 is 0 Å². The molecule has 1 aliphatic heterocycles. The second-order valence-electron chi connectivity index (χ2n) is 3.47. The summed E-state index contributed by atoms with van der Waals surface area (Å²) in [7, 11) is 0. The molecule has 62 valence electrons. The second-order valence-corrected chi connectivity index (χ2v) is 3.47. The molecule has 0 aromatic rings. The summed E-state index contributed by atoms with van der Waals surface area (Å²) in [5.41, 5.74) is 0. The topological polar surface area (TPSA) is 38.3 Å². The normalized spacial score (nSPS) is 42.6. The summed E-state index contributed by atoms with van der Waals surface area (Å²) in [5, 5.41) is 2.79. The number of amides is 1. The van der Waals surface area contributed by atoms with Crippen molar-refractivity contribution in [1.29, 1.82) is 0 Å². The van der Waals surface area contributed by atoms with Gasteiger partial charge in [0.05, 0.1) is 0 Å². The summed E-state index contributed by atoms with van der Waals surface area (Å²) in [5.74, 6) is 0.563. The van der Waals surface area contributed by atoms with E-state index >= 15 is 0 Å². The average Bonchev–Trinajstić information content (AvgIpc) is 2.34. The number of hydrogen-bond acceptors (Lipinski definition) is 2. The van der Waals surface area contributed by atoms with E-state index in [9.17, 15) is 4.79 Å². The van der Waals surface area contributed by atoms with E-state index in [1.165, 1.54) is 12.8 Å². The van der Waals surface area contributed by atoms with Crippen LogP contribution in [0.25, 0.3) is 0 Å². The van der Waals surface area contributed by atoms with Crippen molar-refractivity contribution in [2.45, 2.75) is 38.3 Å². The molecule has 11 heavy (non-hydrogen) atoms. The SMILES string of the molecule is C[C@@H]1NC(=O)O[C@H]2CCC[C@@H]12. The molecule has 2 rings (SSSR count). The quantitative estimate of drug-likeness (QED) is 0.572. The Morgan fingerprint density at radius 1 is 1.55 bits per heavy atom. The zero-order valence-electron chi connectivity index (χ0n) is 6.67. The van der Waals surface area contributed by atoms with Gasteiger partial charge < -0.3 is 10.1 Å². The molecule has 1 saturated carbocycles. The van der Waals surface area contributed by atoms with Crippen LogP contribution in [-0.2, 0) is 4.74 Å². The van der Waals surface area contributed by atoms with Gasteiger partial charge in [-0.1, -0.05) is 0 Å². The molecule has 1 heterocycles. The second kappa shape index (κ2) is 2.40. The Morgan fingerprint density at radius 3 is 3.18 bits per heavy atom. The Morgan fingerprint density at radius 2 is 2.36 bits per heavy atom. The van der Waals surface area contributed by atoms with Gasteiger partial charge in [0, 0.05) is 12.0 Å². The average molecular weight is 155 g/mol. The maximum absolute atomic E-state index is 10.9. The van der Waals surface area contributed by atoms with Crippen molar-refractivity contribution >= 4 is 6.09 Å². The standard InChI is InChI=1S/C8H13NO2/c1-5-6-3-2-4-7(6)11-8(10)9-5/h5-7H,2-4H2,1H3,(H,9,10)/t5-,6-,7-/m0/s1. The number of fused-ring (bicyclic) bond motifs is 1. The van der Waals surface area contributed by atoms with Crippen molar-refractivity contribution in [3.05, 3.63) is 0 Å². The van der Waals surface area contributed by atoms with Crippen LogP contribution in [0.2, 0.25) is 0 Å². The van der Waals surface area contributed by atoms with Crippen LogP contribution in [0.15, 0.2) is 0 Å². The van der Waals surface area contributed by atoms with Gasteiger partial charge in [-0.25, -0.2) is 4.79 Å². The molecule has 2 fully saturated rings. The highest BCUT2D eigenvalue weighted by molar-refractivity contribution is 5.68. The van der Waals surface area contributed by atoms with Gasteiger partial charge in [-0.05, 0) is 26.2 Å². The fourth-order valence-corrected chi connectivity index (χ4v) is 2.14. The lowest BCUT2D eigenvalue weighted by atomic mass is 9.96. The summed E-state index contributed by atoms with van der Waals surface area (Å²) in [6, 6.07) is 0.309. The van der Waals surface area contributed by atoms with Gasteiger partial charge in [0.15, 0.2) is 0 Å². The molecule has 0 unspecified atom stereocenters. The van der Waals surface area contributed by atoms with Crippen molar-refractivity contribution in [2.24, 2.45) is 5.92 Å². The smallest absolute Gasteiger partial charge is 0.407 e. The lowest BCUT2D eigenvalue weighted by molar-refractivity contribution is 0.0356. The van der Waals surface area contributed by atoms with Gasteiger partial charge in [-0.3, -0.25) is 0 Å². The van der Waals surface area contributed by atoms with Gasteiger partial charge in [-0.2, -0.15) is 0 Å². The van der Waals surface area contributed by atoms with Crippen LogP contribution in [0.3, 0.4) is 0 Å². The number of ether oxygens (including phenoxy) is 1. The maximum Gasteiger partial charge on any atom is 0.407 e. The van der Waals surface area contributed by atoms with E-state index in [0.29, 0.717) is 12.0 Å². The monoisotopic (exact) mass is 155 g/mol. The molecule has 1 N–H and O–H groups in total. The predicted octanol–water partition coefficient (Wildman–Crippen LogP) is 1.28. The van der Waals surface area contributed by atoms with E-state index in [1.54, 1.807) is 0 Å². The lowest BCUT2D eigenvalue weighted by Crippen LogP contribution is -2.48. The molecule has 0 aromatic carbocycles. The van der Waals surface area contributed by atoms with Gasteiger partial charge >= 0.3 is 6.09 Å². The molecule has 0 radical (unpaired) electrons. The van der Waals surface area contributed by atoms with Crippen molar-refractivity contribution in [3.8, 4) is 0 Å². The predicted molar refractivity (Wildman–Crippen MR) is 40.2 cm³/mol. The number of carbonyl (C=O) groups excluding carboxylic acids is 1. The van der Waals surface area contributed by atoms with E-state index in [-0.39, 0.29) is 12.2 Å². The first-order valence-electron chi connectivity index (χ1n) is 4.24. The molecule has 3 atom stereocenters. The minimum atomic E-state index is -0.236. The third-order valence-corrected chi connectivity index (χ3v) is 2.75. The zero-order valence-corrected chi connectivity index (χ0v) is 6.67. The van der Waals surface area contributed by atoms with Gasteiger partial charge in [0.1, 0.15) is 6.10 Å². The molecule has 0 spiro atoms. The summed E-state index contributed by atoms with van der Waals surface area (Å²) in [6.07, 6.45) is 3.43. The number of alkyl carbamates (subject to hydrolysis) is 1. The van der Waals surface area contributed by atoms with Crippen LogP contribution in [-0.4, -0.2) is 18.2 Å². The van der Waals surface area contributed by atoms with Gasteiger partial charge in [-0.15, -0.1) is 0 Å². The molecule has 2 aliphatic rings. The van der Waals surface area contributed by atoms with Crippen LogP contribution in [0.1, 0.15) is 26.2 Å². The van der Waals surface area contributed by atoms with Crippen LogP contribution in [0.4, 0.5) is 4.79 Å². The minimum absolute atomic E-state index is 0.207. The molecule has 3 heteroatoms. The molecule has 1 aliphatic carbocycles. The highest BCUT2D eigenvalue weighted by Crippen LogP contribution is 2.33. The Bertz CT molecular complexity index is 181. The van der Waals surface area contributed by atoms with Crippen LogP contribution < -0.4 is 5.32 Å². The van der Waals surface area contributed by atoms with Crippen molar-refractivity contribution < 1.29 is 9.53 Å². The zero-order chi connectivity index (χ0) is 7.84. The molecule has 1 saturated heterocycles. The summed E-state index contributed by atoms with van der Waals surface area (Å²) in [6.45, 7) is 2.06. The third kappa shape index (κ3) is 1.08. The molecular formula is C8H13NO2. The van der Waals surface area contributed by atoms with Crippen molar-refractivity contribution in [3.63, 3.8) is 0 Å². The molecule has 3 nitrogen and oxygen atoms in total. The lowest BCUT2D eigenvalue weighted by Gasteiger charge is -2.31. The van der Waals surface area contributed by atoms with Crippen molar-refractivity contribution in [2.75, 3.05) is 0 Å². The third-order valence-electron chi connectivity index (χ3n) is 2.75. The van der Waals surface area contributed by atoms with E-state index in [4.69, 9.17) is 4.74 Å². The van der Waals surface area contributed by atoms with Crippen LogP contribution in [0.5, 0.6) is 0 Å². The molecule has 1 amide bonds. The minimum Gasteiger partial charge on any atom is -0.446 e. The number of hydrogen-bond donors (Lipinski definition) is 1. The fourth-order valence-electron chi connectivity index (χ4n) is 2.14. The first kappa shape index (κ1) is 6.95. The Labute approximate surface area is 66.1 Å². The van der Waals surface area contributed by atoms with Crippen LogP contribution >= 0.6 is 0 Å².